The van der Waals surface area contributed by atoms with Crippen LogP contribution in [0.2, 0.25) is 0 Å². The van der Waals surface area contributed by atoms with Gasteiger partial charge in [0.05, 0.1) is 5.69 Å². The average Bonchev–Trinajstić information content (AvgIpc) is 2.56. The van der Waals surface area contributed by atoms with Crippen molar-refractivity contribution in [1.82, 2.24) is 0 Å². The normalized spacial score (nSPS) is 15.8. The molecule has 0 amide bonds. The van der Waals surface area contributed by atoms with Crippen molar-refractivity contribution in [3.63, 3.8) is 0 Å². The first kappa shape index (κ1) is 17.0. The highest BCUT2D eigenvalue weighted by atomic mass is 32.2. The number of benzene rings is 2. The smallest absolute Gasteiger partial charge is 0.286 e. The number of hydrogen-bond acceptors (Lipinski definition) is 4. The van der Waals surface area contributed by atoms with Crippen LogP contribution in [0.1, 0.15) is 18.9 Å². The lowest BCUT2D eigenvalue weighted by atomic mass is 10.2. The van der Waals surface area contributed by atoms with Crippen molar-refractivity contribution < 1.29 is 12.8 Å². The van der Waals surface area contributed by atoms with Crippen LogP contribution in [0.25, 0.3) is 0 Å². The van der Waals surface area contributed by atoms with Gasteiger partial charge in [0.1, 0.15) is 10.7 Å². The second-order valence-corrected chi connectivity index (χ2v) is 7.90. The molecule has 1 aliphatic rings. The Hall–Kier alpha value is -1.86. The SMILES string of the molecule is CCCN1C(SCc2cccc(F)c2)=NS(=O)(=O)c2ccccc21. The van der Waals surface area contributed by atoms with Gasteiger partial charge in [-0.05, 0) is 36.2 Å². The number of thioether (sulfide) groups is 1. The number of rotatable bonds is 4. The lowest BCUT2D eigenvalue weighted by molar-refractivity contribution is 0.597. The van der Waals surface area contributed by atoms with Gasteiger partial charge in [0.2, 0.25) is 0 Å². The quantitative estimate of drug-likeness (QED) is 0.822. The monoisotopic (exact) mass is 364 g/mol. The summed E-state index contributed by atoms with van der Waals surface area (Å²) in [6, 6.07) is 13.2. The Bertz CT molecular complexity index is 882. The van der Waals surface area contributed by atoms with Gasteiger partial charge in [-0.25, -0.2) is 4.39 Å². The molecule has 0 aromatic heterocycles. The molecule has 24 heavy (non-hydrogen) atoms. The molecule has 2 aromatic rings. The maximum Gasteiger partial charge on any atom is 0.286 e. The zero-order chi connectivity index (χ0) is 17.2. The van der Waals surface area contributed by atoms with Gasteiger partial charge in [0.25, 0.3) is 10.0 Å². The van der Waals surface area contributed by atoms with Gasteiger partial charge in [-0.15, -0.1) is 4.40 Å². The number of para-hydroxylation sites is 1. The first-order chi connectivity index (χ1) is 11.5. The number of halogens is 1. The zero-order valence-electron chi connectivity index (χ0n) is 13.1. The number of hydrogen-bond donors (Lipinski definition) is 0. The molecule has 1 heterocycles. The Labute approximate surface area is 145 Å². The molecule has 7 heteroatoms. The summed E-state index contributed by atoms with van der Waals surface area (Å²) in [5.41, 5.74) is 1.44. The fourth-order valence-electron chi connectivity index (χ4n) is 2.52. The lowest BCUT2D eigenvalue weighted by Crippen LogP contribution is -2.34. The number of sulfonamides is 1. The van der Waals surface area contributed by atoms with Crippen LogP contribution in [-0.2, 0) is 15.8 Å². The molecule has 3 rings (SSSR count). The third-order valence-electron chi connectivity index (χ3n) is 3.57. The van der Waals surface area contributed by atoms with Crippen molar-refractivity contribution in [2.45, 2.75) is 24.0 Å². The third-order valence-corrected chi connectivity index (χ3v) is 6.04. The summed E-state index contributed by atoms with van der Waals surface area (Å²) < 4.78 is 42.1. The molecule has 1 aliphatic heterocycles. The molecule has 126 valence electrons. The van der Waals surface area contributed by atoms with Crippen LogP contribution in [0.3, 0.4) is 0 Å². The van der Waals surface area contributed by atoms with Crippen LogP contribution in [0, 0.1) is 5.82 Å². The molecular formula is C17H17FN2O2S2. The summed E-state index contributed by atoms with van der Waals surface area (Å²) in [5.74, 6) is 0.149. The average molecular weight is 364 g/mol. The van der Waals surface area contributed by atoms with Crippen molar-refractivity contribution in [3.8, 4) is 0 Å². The number of fused-ring (bicyclic) bond motifs is 1. The minimum atomic E-state index is -3.70. The molecule has 0 N–H and O–H groups in total. The Morgan fingerprint density at radius 2 is 1.96 bits per heavy atom. The van der Waals surface area contributed by atoms with E-state index < -0.39 is 10.0 Å². The second kappa shape index (κ2) is 6.94. The summed E-state index contributed by atoms with van der Waals surface area (Å²) >= 11 is 1.30. The van der Waals surface area contributed by atoms with E-state index in [9.17, 15) is 12.8 Å². The van der Waals surface area contributed by atoms with Crippen LogP contribution in [-0.4, -0.2) is 20.1 Å². The van der Waals surface area contributed by atoms with Crippen LogP contribution in [0.5, 0.6) is 0 Å². The van der Waals surface area contributed by atoms with Crippen molar-refractivity contribution in [2.24, 2.45) is 4.40 Å². The molecule has 0 saturated heterocycles. The Balaban J connectivity index is 1.92. The van der Waals surface area contributed by atoms with Gasteiger partial charge in [0, 0.05) is 12.3 Å². The third kappa shape index (κ3) is 3.47. The zero-order valence-corrected chi connectivity index (χ0v) is 14.8. The number of amidine groups is 1. The topological polar surface area (TPSA) is 49.7 Å². The van der Waals surface area contributed by atoms with Gasteiger partial charge in [-0.3, -0.25) is 0 Å². The van der Waals surface area contributed by atoms with E-state index >= 15 is 0 Å². The summed E-state index contributed by atoms with van der Waals surface area (Å²) in [6.07, 6.45) is 0.855. The van der Waals surface area contributed by atoms with Crippen LogP contribution < -0.4 is 4.90 Å². The largest absolute Gasteiger partial charge is 0.319 e. The fourth-order valence-corrected chi connectivity index (χ4v) is 4.94. The van der Waals surface area contributed by atoms with E-state index in [-0.39, 0.29) is 10.7 Å². The molecule has 0 spiro atoms. The van der Waals surface area contributed by atoms with Crippen LogP contribution >= 0.6 is 11.8 Å². The predicted molar refractivity (Wildman–Crippen MR) is 96.4 cm³/mol. The van der Waals surface area contributed by atoms with Crippen LogP contribution in [0.15, 0.2) is 57.8 Å². The minimum Gasteiger partial charge on any atom is -0.319 e. The summed E-state index contributed by atoms with van der Waals surface area (Å²) in [7, 11) is -3.70. The van der Waals surface area contributed by atoms with E-state index in [1.807, 2.05) is 24.0 Å². The van der Waals surface area contributed by atoms with E-state index in [0.717, 1.165) is 12.0 Å². The number of anilines is 1. The molecule has 0 fully saturated rings. The van der Waals surface area contributed by atoms with Crippen LogP contribution in [0.4, 0.5) is 10.1 Å². The Morgan fingerprint density at radius 1 is 1.17 bits per heavy atom. The Morgan fingerprint density at radius 3 is 2.71 bits per heavy atom. The summed E-state index contributed by atoms with van der Waals surface area (Å²) in [5, 5.41) is 0.430. The fraction of sp³-hybridized carbons (Fsp3) is 0.235. The Kier molecular flexibility index (Phi) is 4.91. The second-order valence-electron chi connectivity index (χ2n) is 5.39. The van der Waals surface area contributed by atoms with Crippen molar-refractivity contribution in [3.05, 3.63) is 59.9 Å². The highest BCUT2D eigenvalue weighted by molar-refractivity contribution is 8.14. The minimum absolute atomic E-state index is 0.230. The summed E-state index contributed by atoms with van der Waals surface area (Å²) in [6.45, 7) is 2.70. The molecule has 0 unspecified atom stereocenters. The van der Waals surface area contributed by atoms with Gasteiger partial charge < -0.3 is 4.90 Å². The van der Waals surface area contributed by atoms with Crippen molar-refractivity contribution in [2.75, 3.05) is 11.4 Å². The van der Waals surface area contributed by atoms with E-state index in [0.29, 0.717) is 23.2 Å². The molecule has 0 aliphatic carbocycles. The van der Waals surface area contributed by atoms with Gasteiger partial charge in [-0.1, -0.05) is 43.0 Å². The molecule has 0 atom stereocenters. The molecular weight excluding hydrogens is 347 g/mol. The maximum atomic E-state index is 13.3. The molecule has 0 bridgehead atoms. The predicted octanol–water partition coefficient (Wildman–Crippen LogP) is 4.03. The van der Waals surface area contributed by atoms with E-state index in [4.69, 9.17) is 0 Å². The standard InChI is InChI=1S/C17H17FN2O2S2/c1-2-10-20-15-8-3-4-9-16(15)24(21,22)19-17(20)23-12-13-6-5-7-14(18)11-13/h3-9,11H,2,10,12H2,1H3. The maximum absolute atomic E-state index is 13.3. The highest BCUT2D eigenvalue weighted by Gasteiger charge is 2.30. The lowest BCUT2D eigenvalue weighted by Gasteiger charge is -2.30. The van der Waals surface area contributed by atoms with E-state index in [1.54, 1.807) is 24.3 Å². The van der Waals surface area contributed by atoms with Gasteiger partial charge >= 0.3 is 0 Å². The van der Waals surface area contributed by atoms with E-state index in [1.165, 1.54) is 23.9 Å². The van der Waals surface area contributed by atoms with Crippen molar-refractivity contribution >= 4 is 32.6 Å². The summed E-state index contributed by atoms with van der Waals surface area (Å²) in [4.78, 5) is 2.15. The highest BCUT2D eigenvalue weighted by Crippen LogP contribution is 2.34. The molecule has 4 nitrogen and oxygen atoms in total. The first-order valence-electron chi connectivity index (χ1n) is 7.60. The van der Waals surface area contributed by atoms with Crippen molar-refractivity contribution in [1.29, 1.82) is 0 Å². The molecule has 0 radical (unpaired) electrons. The molecule has 2 aromatic carbocycles. The van der Waals surface area contributed by atoms with Gasteiger partial charge in [0.15, 0.2) is 5.17 Å². The first-order valence-corrected chi connectivity index (χ1v) is 10.0. The molecule has 0 saturated carbocycles. The van der Waals surface area contributed by atoms with E-state index in [2.05, 4.69) is 4.40 Å². The number of nitrogens with zero attached hydrogens (tertiary/aromatic N) is 2. The van der Waals surface area contributed by atoms with Gasteiger partial charge in [-0.2, -0.15) is 8.42 Å².